The van der Waals surface area contributed by atoms with Gasteiger partial charge in [0, 0.05) is 26.1 Å². The molecule has 2 aromatic rings. The Bertz CT molecular complexity index is 824. The number of carbonyl (C=O) groups is 2. The van der Waals surface area contributed by atoms with Crippen LogP contribution in [0.15, 0.2) is 54.6 Å². The van der Waals surface area contributed by atoms with Crippen LogP contribution in [0.5, 0.6) is 0 Å². The minimum atomic E-state index is -0.325. The van der Waals surface area contributed by atoms with Crippen molar-refractivity contribution in [3.8, 4) is 0 Å². The van der Waals surface area contributed by atoms with Gasteiger partial charge in [0.2, 0.25) is 11.8 Å². The van der Waals surface area contributed by atoms with Crippen LogP contribution in [0, 0.1) is 11.7 Å². The number of hydrogen-bond acceptors (Lipinski definition) is 3. The van der Waals surface area contributed by atoms with E-state index in [1.54, 1.807) is 17.0 Å². The first-order valence-electron chi connectivity index (χ1n) is 9.95. The predicted octanol–water partition coefficient (Wildman–Crippen LogP) is 2.64. The van der Waals surface area contributed by atoms with Gasteiger partial charge in [-0.25, -0.2) is 4.39 Å². The molecule has 2 aromatic carbocycles. The highest BCUT2D eigenvalue weighted by atomic mass is 19.1. The predicted molar refractivity (Wildman–Crippen MR) is 111 cm³/mol. The second-order valence-corrected chi connectivity index (χ2v) is 7.75. The molecular formula is C23H28FN3O2. The summed E-state index contributed by atoms with van der Waals surface area (Å²) in [5.41, 5.74) is 2.12. The van der Waals surface area contributed by atoms with Gasteiger partial charge in [0.1, 0.15) is 5.82 Å². The fourth-order valence-corrected chi connectivity index (χ4v) is 3.70. The summed E-state index contributed by atoms with van der Waals surface area (Å²) in [5, 5.41) is 2.98. The maximum Gasteiger partial charge on any atom is 0.225 e. The van der Waals surface area contributed by atoms with Crippen molar-refractivity contribution < 1.29 is 14.0 Å². The van der Waals surface area contributed by atoms with E-state index in [0.717, 1.165) is 12.0 Å². The topological polar surface area (TPSA) is 52.7 Å². The van der Waals surface area contributed by atoms with Gasteiger partial charge in [-0.1, -0.05) is 42.5 Å². The van der Waals surface area contributed by atoms with E-state index >= 15 is 0 Å². The number of benzene rings is 2. The Morgan fingerprint density at radius 3 is 2.52 bits per heavy atom. The second-order valence-electron chi connectivity index (χ2n) is 7.75. The second kappa shape index (κ2) is 9.65. The summed E-state index contributed by atoms with van der Waals surface area (Å²) < 4.78 is 13.2. The van der Waals surface area contributed by atoms with Crippen molar-refractivity contribution in [2.45, 2.75) is 18.9 Å². The Morgan fingerprint density at radius 1 is 1.17 bits per heavy atom. The first-order chi connectivity index (χ1) is 13.9. The van der Waals surface area contributed by atoms with Gasteiger partial charge in [0.15, 0.2) is 0 Å². The molecule has 1 heterocycles. The van der Waals surface area contributed by atoms with Gasteiger partial charge in [-0.2, -0.15) is 0 Å². The lowest BCUT2D eigenvalue weighted by Crippen LogP contribution is -2.38. The molecule has 154 valence electrons. The van der Waals surface area contributed by atoms with E-state index in [-0.39, 0.29) is 36.0 Å². The van der Waals surface area contributed by atoms with Crippen molar-refractivity contribution >= 4 is 11.8 Å². The zero-order chi connectivity index (χ0) is 20.8. The van der Waals surface area contributed by atoms with Crippen LogP contribution < -0.4 is 5.32 Å². The molecule has 1 saturated heterocycles. The number of nitrogens with zero attached hydrogens (tertiary/aromatic N) is 2. The average molecular weight is 397 g/mol. The van der Waals surface area contributed by atoms with Gasteiger partial charge < -0.3 is 15.1 Å². The number of halogens is 1. The van der Waals surface area contributed by atoms with Crippen molar-refractivity contribution in [3.63, 3.8) is 0 Å². The highest BCUT2D eigenvalue weighted by Crippen LogP contribution is 2.21. The Hall–Kier alpha value is -2.73. The number of rotatable bonds is 8. The number of hydrogen-bond donors (Lipinski definition) is 1. The Morgan fingerprint density at radius 2 is 1.86 bits per heavy atom. The summed E-state index contributed by atoms with van der Waals surface area (Å²) in [4.78, 5) is 28.7. The van der Waals surface area contributed by atoms with E-state index in [4.69, 9.17) is 0 Å². The van der Waals surface area contributed by atoms with Gasteiger partial charge in [-0.3, -0.25) is 9.59 Å². The normalized spacial score (nSPS) is 17.6. The van der Waals surface area contributed by atoms with E-state index in [1.807, 2.05) is 49.3 Å². The molecule has 1 fully saturated rings. The molecule has 2 unspecified atom stereocenters. The Balaban J connectivity index is 1.52. The van der Waals surface area contributed by atoms with Crippen molar-refractivity contribution in [3.05, 3.63) is 71.5 Å². The van der Waals surface area contributed by atoms with Gasteiger partial charge >= 0.3 is 0 Å². The van der Waals surface area contributed by atoms with Crippen LogP contribution in [-0.4, -0.2) is 55.3 Å². The van der Waals surface area contributed by atoms with Crippen LogP contribution in [0.4, 0.5) is 4.39 Å². The minimum absolute atomic E-state index is 0.0313. The summed E-state index contributed by atoms with van der Waals surface area (Å²) >= 11 is 0. The molecule has 0 saturated carbocycles. The Kier molecular flexibility index (Phi) is 6.99. The summed E-state index contributed by atoms with van der Waals surface area (Å²) in [6, 6.07) is 16.3. The van der Waals surface area contributed by atoms with Crippen molar-refractivity contribution in [2.24, 2.45) is 5.92 Å². The van der Waals surface area contributed by atoms with Gasteiger partial charge in [-0.15, -0.1) is 0 Å². The largest absolute Gasteiger partial charge is 0.354 e. The van der Waals surface area contributed by atoms with Crippen molar-refractivity contribution in [2.75, 3.05) is 33.7 Å². The molecule has 0 aromatic heterocycles. The summed E-state index contributed by atoms with van der Waals surface area (Å²) in [7, 11) is 3.84. The van der Waals surface area contributed by atoms with Gasteiger partial charge in [0.25, 0.3) is 0 Å². The number of nitrogens with one attached hydrogen (secondary N) is 1. The molecule has 1 aliphatic heterocycles. The molecule has 0 bridgehead atoms. The standard InChI is InChI=1S/C23H28FN3O2/c1-26(2)21(18-8-10-20(24)11-9-18)15-25-23(29)19-14-22(28)27(16-19)13-12-17-6-4-3-5-7-17/h3-11,19,21H,12-16H2,1-2H3,(H,25,29). The van der Waals surface area contributed by atoms with Crippen molar-refractivity contribution in [1.82, 2.24) is 15.1 Å². The fraction of sp³-hybridized carbons (Fsp3) is 0.391. The summed E-state index contributed by atoms with van der Waals surface area (Å²) in [6.45, 7) is 1.50. The van der Waals surface area contributed by atoms with Crippen LogP contribution in [0.1, 0.15) is 23.6 Å². The molecule has 29 heavy (non-hydrogen) atoms. The maximum absolute atomic E-state index is 13.2. The smallest absolute Gasteiger partial charge is 0.225 e. The van der Waals surface area contributed by atoms with Gasteiger partial charge in [-0.05, 0) is 43.8 Å². The maximum atomic E-state index is 13.2. The van der Waals surface area contributed by atoms with E-state index in [1.165, 1.54) is 17.7 Å². The molecule has 3 rings (SSSR count). The molecule has 2 amide bonds. The molecule has 2 atom stereocenters. The zero-order valence-corrected chi connectivity index (χ0v) is 17.0. The first kappa shape index (κ1) is 21.0. The monoisotopic (exact) mass is 397 g/mol. The lowest BCUT2D eigenvalue weighted by Gasteiger charge is -2.25. The number of amides is 2. The molecule has 1 aliphatic rings. The summed E-state index contributed by atoms with van der Waals surface area (Å²) in [6.07, 6.45) is 1.04. The molecule has 0 spiro atoms. The van der Waals surface area contributed by atoms with Crippen LogP contribution >= 0.6 is 0 Å². The number of carbonyl (C=O) groups excluding carboxylic acids is 2. The van der Waals surface area contributed by atoms with Crippen LogP contribution in [0.3, 0.4) is 0 Å². The van der Waals surface area contributed by atoms with Gasteiger partial charge in [0.05, 0.1) is 12.0 Å². The van der Waals surface area contributed by atoms with E-state index in [2.05, 4.69) is 5.32 Å². The number of likely N-dealkylation sites (tertiary alicyclic amines) is 1. The third-order valence-electron chi connectivity index (χ3n) is 5.45. The quantitative estimate of drug-likeness (QED) is 0.745. The Labute approximate surface area is 171 Å². The van der Waals surface area contributed by atoms with Crippen LogP contribution in [-0.2, 0) is 16.0 Å². The summed E-state index contributed by atoms with van der Waals surface area (Å²) in [5.74, 6) is -0.678. The SMILES string of the molecule is CN(C)C(CNC(=O)C1CC(=O)N(CCc2ccccc2)C1)c1ccc(F)cc1. The van der Waals surface area contributed by atoms with E-state index in [9.17, 15) is 14.0 Å². The fourth-order valence-electron chi connectivity index (χ4n) is 3.70. The molecule has 6 heteroatoms. The molecule has 0 radical (unpaired) electrons. The van der Waals surface area contributed by atoms with Crippen molar-refractivity contribution in [1.29, 1.82) is 0 Å². The molecule has 1 N–H and O–H groups in total. The lowest BCUT2D eigenvalue weighted by molar-refractivity contribution is -0.129. The van der Waals surface area contributed by atoms with Crippen LogP contribution in [0.2, 0.25) is 0 Å². The third-order valence-corrected chi connectivity index (χ3v) is 5.45. The zero-order valence-electron chi connectivity index (χ0n) is 17.0. The molecular weight excluding hydrogens is 369 g/mol. The minimum Gasteiger partial charge on any atom is -0.354 e. The first-order valence-corrected chi connectivity index (χ1v) is 9.95. The lowest BCUT2D eigenvalue weighted by atomic mass is 10.0. The highest BCUT2D eigenvalue weighted by Gasteiger charge is 2.34. The average Bonchev–Trinajstić information content (AvgIpc) is 3.09. The number of likely N-dealkylation sites (N-methyl/N-ethyl adjacent to an activating group) is 1. The highest BCUT2D eigenvalue weighted by molar-refractivity contribution is 5.89. The van der Waals surface area contributed by atoms with E-state index < -0.39 is 0 Å². The van der Waals surface area contributed by atoms with Crippen LogP contribution in [0.25, 0.3) is 0 Å². The molecule has 0 aliphatic carbocycles. The van der Waals surface area contributed by atoms with E-state index in [0.29, 0.717) is 19.6 Å². The molecule has 5 nitrogen and oxygen atoms in total. The third kappa shape index (κ3) is 5.64.